The average Bonchev–Trinajstić information content (AvgIpc) is 2.56. The van der Waals surface area contributed by atoms with Gasteiger partial charge in [-0.15, -0.1) is 0 Å². The molecular weight excluding hydrogens is 346 g/mol. The lowest BCUT2D eigenvalue weighted by Gasteiger charge is -2.15. The van der Waals surface area contributed by atoms with E-state index in [4.69, 9.17) is 10.8 Å². The van der Waals surface area contributed by atoms with E-state index >= 15 is 0 Å². The van der Waals surface area contributed by atoms with Crippen molar-refractivity contribution in [1.29, 1.82) is 0 Å². The zero-order chi connectivity index (χ0) is 17.9. The minimum atomic E-state index is -1.01. The van der Waals surface area contributed by atoms with Crippen molar-refractivity contribution in [1.82, 2.24) is 5.32 Å². The molecule has 2 atom stereocenters. The van der Waals surface area contributed by atoms with Crippen LogP contribution in [0.4, 0.5) is 5.69 Å². The molecule has 0 bridgehead atoms. The molecule has 0 unspecified atom stereocenters. The molecule has 0 aliphatic carbocycles. The molecule has 0 saturated heterocycles. The van der Waals surface area contributed by atoms with Gasteiger partial charge in [0.25, 0.3) is 0 Å². The Bertz CT molecular complexity index is 543. The zero-order valence-electron chi connectivity index (χ0n) is 13.7. The van der Waals surface area contributed by atoms with Crippen LogP contribution < -0.4 is 16.4 Å². The number of carbonyl (C=O) groups excluding carboxylic acids is 1. The summed E-state index contributed by atoms with van der Waals surface area (Å²) in [7, 11) is 0. The molecule has 1 rings (SSSR count). The standard InChI is InChI=1S/C16H25N3O3S2/c1-24-6-5-14(16(21)22)19-15(20)8-11-3-2-4-13(7-11)18-9-12(17)10-23/h2-4,7,12,14,18,23H,5-6,8-10,17H2,1H3,(H,19,20)(H,21,22)/t12-,14+/m1/s1. The van der Waals surface area contributed by atoms with Crippen LogP contribution in [0, 0.1) is 0 Å². The molecule has 1 aromatic rings. The SMILES string of the molecule is CSCC[C@H](NC(=O)Cc1cccc(NC[C@@H](N)CS)c1)C(=O)O. The van der Waals surface area contributed by atoms with Crippen LogP contribution >= 0.6 is 24.4 Å². The molecular formula is C16H25N3O3S2. The van der Waals surface area contributed by atoms with Crippen molar-refractivity contribution in [3.05, 3.63) is 29.8 Å². The monoisotopic (exact) mass is 371 g/mol. The summed E-state index contributed by atoms with van der Waals surface area (Å²) < 4.78 is 0. The Morgan fingerprint density at radius 3 is 2.79 bits per heavy atom. The third kappa shape index (κ3) is 7.94. The predicted octanol–water partition coefficient (Wildman–Crippen LogP) is 1.22. The van der Waals surface area contributed by atoms with Crippen LogP contribution in [-0.4, -0.2) is 53.4 Å². The lowest BCUT2D eigenvalue weighted by molar-refractivity contribution is -0.141. The highest BCUT2D eigenvalue weighted by molar-refractivity contribution is 7.98. The van der Waals surface area contributed by atoms with E-state index in [0.717, 1.165) is 11.3 Å². The molecule has 0 heterocycles. The predicted molar refractivity (Wildman–Crippen MR) is 103 cm³/mol. The summed E-state index contributed by atoms with van der Waals surface area (Å²) >= 11 is 5.68. The van der Waals surface area contributed by atoms with Crippen molar-refractivity contribution in [2.24, 2.45) is 5.73 Å². The fourth-order valence-corrected chi connectivity index (χ4v) is 2.63. The summed E-state index contributed by atoms with van der Waals surface area (Å²) in [5.41, 5.74) is 7.48. The average molecular weight is 372 g/mol. The molecule has 0 radical (unpaired) electrons. The second-order valence-corrected chi connectivity index (χ2v) is 6.79. The van der Waals surface area contributed by atoms with Crippen LogP contribution in [0.1, 0.15) is 12.0 Å². The van der Waals surface area contributed by atoms with Gasteiger partial charge in [-0.25, -0.2) is 4.79 Å². The lowest BCUT2D eigenvalue weighted by Crippen LogP contribution is -2.41. The van der Waals surface area contributed by atoms with Crippen molar-refractivity contribution in [2.45, 2.75) is 24.9 Å². The highest BCUT2D eigenvalue weighted by Gasteiger charge is 2.19. The Hall–Kier alpha value is -1.38. The fraction of sp³-hybridized carbons (Fsp3) is 0.500. The molecule has 24 heavy (non-hydrogen) atoms. The number of hydrogen-bond donors (Lipinski definition) is 5. The Morgan fingerprint density at radius 1 is 1.42 bits per heavy atom. The maximum atomic E-state index is 12.1. The third-order valence-corrected chi connectivity index (χ3v) is 4.45. The summed E-state index contributed by atoms with van der Waals surface area (Å²) in [5.74, 6) is -0.0367. The Labute approximate surface area is 152 Å². The van der Waals surface area contributed by atoms with Crippen molar-refractivity contribution in [3.8, 4) is 0 Å². The molecule has 0 aromatic heterocycles. The van der Waals surface area contributed by atoms with Gasteiger partial charge in [0.05, 0.1) is 6.42 Å². The maximum Gasteiger partial charge on any atom is 0.326 e. The molecule has 0 fully saturated rings. The second-order valence-electron chi connectivity index (χ2n) is 5.44. The van der Waals surface area contributed by atoms with Crippen LogP contribution in [0.2, 0.25) is 0 Å². The quantitative estimate of drug-likeness (QED) is 0.375. The number of thiol groups is 1. The summed E-state index contributed by atoms with van der Waals surface area (Å²) in [4.78, 5) is 23.3. The van der Waals surface area contributed by atoms with Gasteiger partial charge in [-0.1, -0.05) is 12.1 Å². The summed E-state index contributed by atoms with van der Waals surface area (Å²) in [6, 6.07) is 6.54. The molecule has 1 amide bonds. The molecule has 134 valence electrons. The molecule has 5 N–H and O–H groups in total. The highest BCUT2D eigenvalue weighted by atomic mass is 32.2. The minimum Gasteiger partial charge on any atom is -0.480 e. The maximum absolute atomic E-state index is 12.1. The fourth-order valence-electron chi connectivity index (χ4n) is 2.03. The third-order valence-electron chi connectivity index (χ3n) is 3.34. The molecule has 0 saturated carbocycles. The van der Waals surface area contributed by atoms with E-state index < -0.39 is 12.0 Å². The van der Waals surface area contributed by atoms with E-state index in [0.29, 0.717) is 24.5 Å². The van der Waals surface area contributed by atoms with E-state index in [1.807, 2.05) is 30.5 Å². The molecule has 0 aliphatic heterocycles. The Morgan fingerprint density at radius 2 is 2.17 bits per heavy atom. The van der Waals surface area contributed by atoms with Crippen molar-refractivity contribution in [2.75, 3.05) is 29.6 Å². The van der Waals surface area contributed by atoms with Gasteiger partial charge in [-0.3, -0.25) is 4.79 Å². The number of carboxylic acid groups (broad SMARTS) is 1. The highest BCUT2D eigenvalue weighted by Crippen LogP contribution is 2.11. The van der Waals surface area contributed by atoms with Gasteiger partial charge < -0.3 is 21.5 Å². The molecule has 0 aliphatic rings. The summed E-state index contributed by atoms with van der Waals surface area (Å²) in [6.07, 6.45) is 2.45. The van der Waals surface area contributed by atoms with E-state index in [-0.39, 0.29) is 18.4 Å². The number of anilines is 1. The van der Waals surface area contributed by atoms with E-state index in [2.05, 4.69) is 23.3 Å². The number of nitrogens with one attached hydrogen (secondary N) is 2. The topological polar surface area (TPSA) is 104 Å². The van der Waals surface area contributed by atoms with E-state index in [9.17, 15) is 9.59 Å². The van der Waals surface area contributed by atoms with Crippen molar-refractivity contribution >= 4 is 42.0 Å². The van der Waals surface area contributed by atoms with Gasteiger partial charge in [-0.2, -0.15) is 24.4 Å². The van der Waals surface area contributed by atoms with Gasteiger partial charge in [-0.05, 0) is 36.1 Å². The number of rotatable bonds is 11. The summed E-state index contributed by atoms with van der Waals surface area (Å²) in [6.45, 7) is 0.592. The van der Waals surface area contributed by atoms with E-state index in [1.165, 1.54) is 0 Å². The van der Waals surface area contributed by atoms with Crippen LogP contribution in [0.15, 0.2) is 24.3 Å². The first-order valence-corrected chi connectivity index (χ1v) is 9.69. The minimum absolute atomic E-state index is 0.0481. The largest absolute Gasteiger partial charge is 0.480 e. The van der Waals surface area contributed by atoms with E-state index in [1.54, 1.807) is 11.8 Å². The van der Waals surface area contributed by atoms with Gasteiger partial charge in [0, 0.05) is 24.0 Å². The molecule has 6 nitrogen and oxygen atoms in total. The van der Waals surface area contributed by atoms with Gasteiger partial charge in [0.15, 0.2) is 0 Å². The van der Waals surface area contributed by atoms with Crippen LogP contribution in [0.3, 0.4) is 0 Å². The number of carbonyl (C=O) groups is 2. The first-order valence-electron chi connectivity index (χ1n) is 7.66. The van der Waals surface area contributed by atoms with Crippen molar-refractivity contribution in [3.63, 3.8) is 0 Å². The molecule has 1 aromatic carbocycles. The zero-order valence-corrected chi connectivity index (χ0v) is 15.4. The molecule has 0 spiro atoms. The second kappa shape index (κ2) is 11.2. The van der Waals surface area contributed by atoms with Crippen LogP contribution in [-0.2, 0) is 16.0 Å². The number of carboxylic acids is 1. The number of aliphatic carboxylic acids is 1. The van der Waals surface area contributed by atoms with Gasteiger partial charge in [0.2, 0.25) is 5.91 Å². The number of hydrogen-bond acceptors (Lipinski definition) is 6. The number of thioether (sulfide) groups is 1. The van der Waals surface area contributed by atoms with Crippen LogP contribution in [0.25, 0.3) is 0 Å². The first-order chi connectivity index (χ1) is 11.5. The summed E-state index contributed by atoms with van der Waals surface area (Å²) in [5, 5.41) is 14.9. The number of benzene rings is 1. The van der Waals surface area contributed by atoms with Gasteiger partial charge >= 0.3 is 5.97 Å². The number of amides is 1. The smallest absolute Gasteiger partial charge is 0.326 e. The van der Waals surface area contributed by atoms with Crippen molar-refractivity contribution < 1.29 is 14.7 Å². The number of nitrogens with two attached hydrogens (primary N) is 1. The Balaban J connectivity index is 2.58. The Kier molecular flexibility index (Phi) is 9.66. The first kappa shape index (κ1) is 20.7. The normalized spacial score (nSPS) is 13.1. The molecule has 8 heteroatoms. The lowest BCUT2D eigenvalue weighted by atomic mass is 10.1. The van der Waals surface area contributed by atoms with Gasteiger partial charge in [0.1, 0.15) is 6.04 Å². The van der Waals surface area contributed by atoms with Crippen LogP contribution in [0.5, 0.6) is 0 Å².